The van der Waals surface area contributed by atoms with Crippen LogP contribution in [0.5, 0.6) is 11.5 Å². The lowest BCUT2D eigenvalue weighted by atomic mass is 9.81. The summed E-state index contributed by atoms with van der Waals surface area (Å²) in [5, 5.41) is 17.4. The molecule has 0 spiro atoms. The predicted molar refractivity (Wildman–Crippen MR) is 109 cm³/mol. The highest BCUT2D eigenvalue weighted by Crippen LogP contribution is 2.38. The Morgan fingerprint density at radius 2 is 1.71 bits per heavy atom. The molecule has 0 bridgehead atoms. The first-order valence-corrected chi connectivity index (χ1v) is 9.79. The van der Waals surface area contributed by atoms with E-state index in [4.69, 9.17) is 20.0 Å². The molecule has 2 aromatic carbocycles. The minimum atomic E-state index is 0.486. The number of unbranched alkanes of at least 4 members (excludes halogenated alkanes) is 1. The summed E-state index contributed by atoms with van der Waals surface area (Å²) in [6.07, 6.45) is 12.2. The molecule has 4 nitrogen and oxygen atoms in total. The van der Waals surface area contributed by atoms with E-state index in [0.29, 0.717) is 17.4 Å². The lowest BCUT2D eigenvalue weighted by Gasteiger charge is -2.24. The Hall–Kier alpha value is -3.24. The SMILES string of the molecule is CCCCc1cc(OC#N)ccc1C1=CCC(c2ccc(OC#N)cc2)CC1. The van der Waals surface area contributed by atoms with Crippen LogP contribution in [0.2, 0.25) is 0 Å². The van der Waals surface area contributed by atoms with Gasteiger partial charge in [0.25, 0.3) is 12.5 Å². The van der Waals surface area contributed by atoms with Gasteiger partial charge in [-0.3, -0.25) is 0 Å². The topological polar surface area (TPSA) is 66.0 Å². The molecule has 0 saturated carbocycles. The van der Waals surface area contributed by atoms with E-state index in [1.807, 2.05) is 24.3 Å². The van der Waals surface area contributed by atoms with Crippen molar-refractivity contribution in [2.45, 2.75) is 51.4 Å². The first-order valence-electron chi connectivity index (χ1n) is 9.79. The summed E-state index contributed by atoms with van der Waals surface area (Å²) in [5.74, 6) is 1.69. The molecule has 4 heteroatoms. The van der Waals surface area contributed by atoms with E-state index in [2.05, 4.69) is 31.2 Å². The molecular formula is C24H24N2O2. The minimum absolute atomic E-state index is 0.486. The Balaban J connectivity index is 1.76. The van der Waals surface area contributed by atoms with E-state index >= 15 is 0 Å². The zero-order chi connectivity index (χ0) is 19.8. The highest BCUT2D eigenvalue weighted by molar-refractivity contribution is 5.70. The molecule has 1 aliphatic rings. The molecule has 0 saturated heterocycles. The van der Waals surface area contributed by atoms with Crippen molar-refractivity contribution in [2.75, 3.05) is 0 Å². The number of hydrogen-bond donors (Lipinski definition) is 0. The number of allylic oxidation sites excluding steroid dienone is 2. The van der Waals surface area contributed by atoms with Crippen LogP contribution in [0.4, 0.5) is 0 Å². The van der Waals surface area contributed by atoms with Crippen LogP contribution in [0, 0.1) is 23.0 Å². The quantitative estimate of drug-likeness (QED) is 0.551. The first-order chi connectivity index (χ1) is 13.7. The minimum Gasteiger partial charge on any atom is -0.388 e. The molecule has 28 heavy (non-hydrogen) atoms. The van der Waals surface area contributed by atoms with Gasteiger partial charge in [-0.2, -0.15) is 0 Å². The maximum Gasteiger partial charge on any atom is 0.292 e. The molecule has 2 aromatic rings. The van der Waals surface area contributed by atoms with Crippen LogP contribution in [-0.2, 0) is 6.42 Å². The molecule has 0 amide bonds. The van der Waals surface area contributed by atoms with Gasteiger partial charge in [0, 0.05) is 0 Å². The van der Waals surface area contributed by atoms with Gasteiger partial charge in [0.05, 0.1) is 0 Å². The number of ether oxygens (including phenoxy) is 2. The molecule has 0 fully saturated rings. The number of nitrogens with zero attached hydrogens (tertiary/aromatic N) is 2. The summed E-state index contributed by atoms with van der Waals surface area (Å²) in [7, 11) is 0. The number of rotatable bonds is 7. The molecule has 1 unspecified atom stereocenters. The summed E-state index contributed by atoms with van der Waals surface area (Å²) in [6.45, 7) is 2.19. The lowest BCUT2D eigenvalue weighted by molar-refractivity contribution is 0.505. The number of benzene rings is 2. The van der Waals surface area contributed by atoms with Gasteiger partial charge in [-0.1, -0.05) is 37.6 Å². The first kappa shape index (κ1) is 19.5. The van der Waals surface area contributed by atoms with E-state index in [9.17, 15) is 0 Å². The molecule has 142 valence electrons. The standard InChI is InChI=1S/C24H24N2O2/c1-2-3-4-21-15-23(28-17-26)13-14-24(21)20-7-5-18(6-8-20)19-9-11-22(12-10-19)27-16-25/h7,9-15,18H,2-6,8H2,1H3. The molecule has 0 N–H and O–H groups in total. The van der Waals surface area contributed by atoms with Crippen molar-refractivity contribution in [3.63, 3.8) is 0 Å². The van der Waals surface area contributed by atoms with Crippen molar-refractivity contribution in [1.82, 2.24) is 0 Å². The van der Waals surface area contributed by atoms with E-state index in [1.165, 1.54) is 22.3 Å². The third kappa shape index (κ3) is 4.72. The van der Waals surface area contributed by atoms with Gasteiger partial charge in [0.2, 0.25) is 0 Å². The Kier molecular flexibility index (Phi) is 6.71. The second kappa shape index (κ2) is 9.62. The molecule has 0 aromatic heterocycles. The maximum absolute atomic E-state index is 8.78. The van der Waals surface area contributed by atoms with Crippen LogP contribution >= 0.6 is 0 Å². The fourth-order valence-corrected chi connectivity index (χ4v) is 3.82. The van der Waals surface area contributed by atoms with Crippen LogP contribution in [0.1, 0.15) is 61.6 Å². The van der Waals surface area contributed by atoms with E-state index in [1.54, 1.807) is 12.5 Å². The summed E-state index contributed by atoms with van der Waals surface area (Å²) in [5.41, 5.74) is 5.21. The van der Waals surface area contributed by atoms with E-state index < -0.39 is 0 Å². The van der Waals surface area contributed by atoms with Crippen molar-refractivity contribution in [3.8, 4) is 24.0 Å². The fraction of sp³-hybridized carbons (Fsp3) is 0.333. The van der Waals surface area contributed by atoms with Crippen LogP contribution in [-0.4, -0.2) is 0 Å². The number of aryl methyl sites for hydroxylation is 1. The second-order valence-electron chi connectivity index (χ2n) is 7.08. The molecule has 0 aliphatic heterocycles. The molecule has 1 aliphatic carbocycles. The maximum atomic E-state index is 8.78. The average Bonchev–Trinajstić information content (AvgIpc) is 2.74. The van der Waals surface area contributed by atoms with Crippen molar-refractivity contribution >= 4 is 5.57 Å². The highest BCUT2D eigenvalue weighted by Gasteiger charge is 2.19. The van der Waals surface area contributed by atoms with Crippen molar-refractivity contribution in [3.05, 3.63) is 65.2 Å². The lowest BCUT2D eigenvalue weighted by Crippen LogP contribution is -2.05. The highest BCUT2D eigenvalue weighted by atomic mass is 16.5. The fourth-order valence-electron chi connectivity index (χ4n) is 3.82. The molecular weight excluding hydrogens is 348 g/mol. The second-order valence-corrected chi connectivity index (χ2v) is 7.08. The normalized spacial score (nSPS) is 15.8. The molecule has 0 heterocycles. The smallest absolute Gasteiger partial charge is 0.292 e. The van der Waals surface area contributed by atoms with Gasteiger partial charge in [-0.15, -0.1) is 10.5 Å². The van der Waals surface area contributed by atoms with E-state index in [-0.39, 0.29) is 0 Å². The van der Waals surface area contributed by atoms with Crippen LogP contribution in [0.25, 0.3) is 5.57 Å². The van der Waals surface area contributed by atoms with Crippen LogP contribution in [0.3, 0.4) is 0 Å². The monoisotopic (exact) mass is 372 g/mol. The zero-order valence-electron chi connectivity index (χ0n) is 16.1. The van der Waals surface area contributed by atoms with Gasteiger partial charge < -0.3 is 9.47 Å². The summed E-state index contributed by atoms with van der Waals surface area (Å²) in [4.78, 5) is 0. The Morgan fingerprint density at radius 3 is 2.36 bits per heavy atom. The Labute approximate surface area is 166 Å². The molecule has 3 rings (SSSR count). The van der Waals surface area contributed by atoms with Gasteiger partial charge in [0.1, 0.15) is 11.5 Å². The third-order valence-corrected chi connectivity index (χ3v) is 5.31. The average molecular weight is 372 g/mol. The largest absolute Gasteiger partial charge is 0.388 e. The zero-order valence-corrected chi connectivity index (χ0v) is 16.1. The van der Waals surface area contributed by atoms with Crippen molar-refractivity contribution < 1.29 is 9.47 Å². The summed E-state index contributed by atoms with van der Waals surface area (Å²) in [6, 6.07) is 13.8. The number of nitriles is 2. The Morgan fingerprint density at radius 1 is 1.00 bits per heavy atom. The summed E-state index contributed by atoms with van der Waals surface area (Å²) < 4.78 is 9.89. The van der Waals surface area contributed by atoms with Gasteiger partial charge in [-0.05, 0) is 84.6 Å². The van der Waals surface area contributed by atoms with E-state index in [0.717, 1.165) is 38.5 Å². The number of hydrogen-bond acceptors (Lipinski definition) is 4. The molecule has 0 radical (unpaired) electrons. The van der Waals surface area contributed by atoms with Gasteiger partial charge in [0.15, 0.2) is 0 Å². The van der Waals surface area contributed by atoms with Crippen LogP contribution < -0.4 is 9.47 Å². The van der Waals surface area contributed by atoms with Gasteiger partial charge >= 0.3 is 0 Å². The third-order valence-electron chi connectivity index (χ3n) is 5.31. The van der Waals surface area contributed by atoms with Crippen LogP contribution in [0.15, 0.2) is 48.5 Å². The van der Waals surface area contributed by atoms with Crippen molar-refractivity contribution in [2.24, 2.45) is 0 Å². The van der Waals surface area contributed by atoms with Gasteiger partial charge in [-0.25, -0.2) is 0 Å². The predicted octanol–water partition coefficient (Wildman–Crippen LogP) is 6.10. The molecule has 1 atom stereocenters. The van der Waals surface area contributed by atoms with Crippen molar-refractivity contribution in [1.29, 1.82) is 10.5 Å². The Bertz CT molecular complexity index is 917. The summed E-state index contributed by atoms with van der Waals surface area (Å²) >= 11 is 0.